The highest BCUT2D eigenvalue weighted by Gasteiger charge is 2.24. The molecular weight excluding hydrogens is 408 g/mol. The van der Waals surface area contributed by atoms with Crippen LogP contribution in [-0.4, -0.2) is 58.5 Å². The van der Waals surface area contributed by atoms with Crippen LogP contribution in [0, 0.1) is 0 Å². The molecule has 174 valence electrons. The first-order valence-corrected chi connectivity index (χ1v) is 11.1. The molecule has 0 aliphatic heterocycles. The summed E-state index contributed by atoms with van der Waals surface area (Å²) in [5.41, 5.74) is 2.61. The van der Waals surface area contributed by atoms with E-state index < -0.39 is 5.60 Å². The van der Waals surface area contributed by atoms with Gasteiger partial charge in [0.15, 0.2) is 5.82 Å². The molecule has 8 heteroatoms. The topological polar surface area (TPSA) is 89.7 Å². The van der Waals surface area contributed by atoms with Crippen LogP contribution >= 0.6 is 0 Å². The minimum Gasteiger partial charge on any atom is -0.466 e. The van der Waals surface area contributed by atoms with Crippen molar-refractivity contribution in [3.8, 4) is 0 Å². The second-order valence-electron chi connectivity index (χ2n) is 8.75. The van der Waals surface area contributed by atoms with E-state index in [1.54, 1.807) is 13.8 Å². The number of rotatable bonds is 10. The molecule has 2 heterocycles. The van der Waals surface area contributed by atoms with Crippen LogP contribution in [0.15, 0.2) is 18.2 Å². The maximum atomic E-state index is 11.8. The Morgan fingerprint density at radius 2 is 1.94 bits per heavy atom. The minimum absolute atomic E-state index is 0.200. The number of esters is 1. The smallest absolute Gasteiger partial charge is 0.306 e. The molecule has 8 nitrogen and oxygen atoms in total. The number of hydrogen-bond donors (Lipinski definition) is 1. The van der Waals surface area contributed by atoms with E-state index in [4.69, 9.17) is 19.4 Å². The van der Waals surface area contributed by atoms with Gasteiger partial charge in [-0.3, -0.25) is 4.79 Å². The van der Waals surface area contributed by atoms with Gasteiger partial charge in [-0.15, -0.1) is 0 Å². The van der Waals surface area contributed by atoms with Gasteiger partial charge in [0.1, 0.15) is 17.9 Å². The number of imidazole rings is 1. The van der Waals surface area contributed by atoms with Crippen LogP contribution in [0.5, 0.6) is 0 Å². The van der Waals surface area contributed by atoms with E-state index in [1.807, 2.05) is 55.6 Å². The highest BCUT2D eigenvalue weighted by molar-refractivity contribution is 6.07. The van der Waals surface area contributed by atoms with Crippen molar-refractivity contribution in [2.75, 3.05) is 32.2 Å². The predicted octanol–water partition coefficient (Wildman–Crippen LogP) is 3.45. The minimum atomic E-state index is -0.929. The number of carbonyl (C=O) groups is 1. The van der Waals surface area contributed by atoms with E-state index >= 15 is 0 Å². The molecule has 0 bridgehead atoms. The molecule has 0 radical (unpaired) electrons. The molecule has 0 spiro atoms. The molecule has 0 amide bonds. The monoisotopic (exact) mass is 442 g/mol. The van der Waals surface area contributed by atoms with Gasteiger partial charge < -0.3 is 24.0 Å². The number of nitrogens with zero attached hydrogens (tertiary/aromatic N) is 4. The Labute approximate surface area is 189 Å². The van der Waals surface area contributed by atoms with Crippen LogP contribution < -0.4 is 4.90 Å². The molecule has 0 unspecified atom stereocenters. The Balaban J connectivity index is 2.18. The molecule has 1 N–H and O–H groups in total. The Bertz CT molecular complexity index is 1100. The lowest BCUT2D eigenvalue weighted by Crippen LogP contribution is -2.27. The zero-order chi connectivity index (χ0) is 23.5. The van der Waals surface area contributed by atoms with Crippen molar-refractivity contribution in [1.29, 1.82) is 0 Å². The van der Waals surface area contributed by atoms with Crippen molar-refractivity contribution in [2.24, 2.45) is 0 Å². The van der Waals surface area contributed by atoms with E-state index in [9.17, 15) is 9.90 Å². The van der Waals surface area contributed by atoms with E-state index in [-0.39, 0.29) is 5.97 Å². The molecule has 0 saturated heterocycles. The van der Waals surface area contributed by atoms with E-state index in [0.717, 1.165) is 39.1 Å². The zero-order valence-electron chi connectivity index (χ0n) is 19.9. The number of aliphatic hydroxyl groups is 1. The van der Waals surface area contributed by atoms with Crippen molar-refractivity contribution < 1.29 is 19.4 Å². The summed E-state index contributed by atoms with van der Waals surface area (Å²) in [6.45, 7) is 9.02. The summed E-state index contributed by atoms with van der Waals surface area (Å²) in [5.74, 6) is 1.31. The van der Waals surface area contributed by atoms with Crippen molar-refractivity contribution in [3.05, 3.63) is 29.6 Å². The van der Waals surface area contributed by atoms with Gasteiger partial charge in [0.2, 0.25) is 0 Å². The normalized spacial score (nSPS) is 12.0. The number of benzene rings is 1. The number of carbonyl (C=O) groups excluding carboxylic acids is 1. The third kappa shape index (κ3) is 5.37. The maximum Gasteiger partial charge on any atom is 0.306 e. The van der Waals surface area contributed by atoms with Gasteiger partial charge in [0, 0.05) is 32.5 Å². The molecule has 3 rings (SSSR count). The average molecular weight is 443 g/mol. The van der Waals surface area contributed by atoms with Gasteiger partial charge in [-0.1, -0.05) is 12.1 Å². The maximum absolute atomic E-state index is 11.8. The summed E-state index contributed by atoms with van der Waals surface area (Å²) in [5, 5.41) is 11.5. The van der Waals surface area contributed by atoms with Gasteiger partial charge in [-0.2, -0.15) is 0 Å². The fourth-order valence-corrected chi connectivity index (χ4v) is 3.77. The number of fused-ring (bicyclic) bond motifs is 3. The summed E-state index contributed by atoms with van der Waals surface area (Å²) in [6.07, 6.45) is 0.918. The highest BCUT2D eigenvalue weighted by Crippen LogP contribution is 2.33. The summed E-state index contributed by atoms with van der Waals surface area (Å²) in [4.78, 5) is 23.5. The number of aryl methyl sites for hydroxylation is 1. The quantitative estimate of drug-likeness (QED) is 0.481. The van der Waals surface area contributed by atoms with E-state index in [1.165, 1.54) is 0 Å². The van der Waals surface area contributed by atoms with Gasteiger partial charge in [0.25, 0.3) is 0 Å². The van der Waals surface area contributed by atoms with Crippen molar-refractivity contribution >= 4 is 33.7 Å². The Hall–Kier alpha value is -2.71. The van der Waals surface area contributed by atoms with Crippen LogP contribution in [0.2, 0.25) is 0 Å². The predicted molar refractivity (Wildman–Crippen MR) is 126 cm³/mol. The van der Waals surface area contributed by atoms with Crippen LogP contribution in [-0.2, 0) is 33.8 Å². The molecule has 0 aliphatic rings. The zero-order valence-corrected chi connectivity index (χ0v) is 19.9. The third-order valence-electron chi connectivity index (χ3n) is 5.13. The fourth-order valence-electron chi connectivity index (χ4n) is 3.77. The highest BCUT2D eigenvalue weighted by atomic mass is 16.5. The van der Waals surface area contributed by atoms with Gasteiger partial charge in [0.05, 0.1) is 29.8 Å². The SMILES string of the molecule is CCOCc1nc2c(N(C)C)nc3cc(CCC(=O)OCC)ccc3c2n1CC(C)(C)O. The number of ether oxygens (including phenoxy) is 2. The molecular formula is C24H34N4O4. The largest absolute Gasteiger partial charge is 0.466 e. The molecule has 1 aromatic carbocycles. The first-order valence-electron chi connectivity index (χ1n) is 11.1. The summed E-state index contributed by atoms with van der Waals surface area (Å²) in [6, 6.07) is 6.06. The first-order chi connectivity index (χ1) is 15.1. The molecule has 0 atom stereocenters. The number of anilines is 1. The lowest BCUT2D eigenvalue weighted by molar-refractivity contribution is -0.143. The molecule has 0 fully saturated rings. The fraction of sp³-hybridized carbons (Fsp3) is 0.542. The Morgan fingerprint density at radius 1 is 1.19 bits per heavy atom. The van der Waals surface area contributed by atoms with Crippen LogP contribution in [0.25, 0.3) is 21.9 Å². The van der Waals surface area contributed by atoms with Crippen molar-refractivity contribution in [3.63, 3.8) is 0 Å². The molecule has 3 aromatic rings. The number of hydrogen-bond acceptors (Lipinski definition) is 7. The van der Waals surface area contributed by atoms with Crippen molar-refractivity contribution in [1.82, 2.24) is 14.5 Å². The van der Waals surface area contributed by atoms with Crippen LogP contribution in [0.1, 0.15) is 45.5 Å². The average Bonchev–Trinajstić information content (AvgIpc) is 3.06. The lowest BCUT2D eigenvalue weighted by atomic mass is 10.1. The molecule has 32 heavy (non-hydrogen) atoms. The van der Waals surface area contributed by atoms with Gasteiger partial charge >= 0.3 is 5.97 Å². The molecule has 2 aromatic heterocycles. The first kappa shape index (κ1) is 23.9. The Kier molecular flexibility index (Phi) is 7.36. The summed E-state index contributed by atoms with van der Waals surface area (Å²) < 4.78 is 12.8. The second-order valence-corrected chi connectivity index (χ2v) is 8.75. The van der Waals surface area contributed by atoms with E-state index in [2.05, 4.69) is 0 Å². The van der Waals surface area contributed by atoms with Crippen LogP contribution in [0.4, 0.5) is 5.82 Å². The van der Waals surface area contributed by atoms with Crippen molar-refractivity contribution in [2.45, 2.75) is 59.3 Å². The van der Waals surface area contributed by atoms with Crippen LogP contribution in [0.3, 0.4) is 0 Å². The Morgan fingerprint density at radius 3 is 2.56 bits per heavy atom. The summed E-state index contributed by atoms with van der Waals surface area (Å²) in [7, 11) is 3.88. The molecule has 0 saturated carbocycles. The summed E-state index contributed by atoms with van der Waals surface area (Å²) >= 11 is 0. The van der Waals surface area contributed by atoms with Gasteiger partial charge in [-0.25, -0.2) is 9.97 Å². The standard InChI is InChI=1S/C24H34N4O4/c1-7-31-14-19-26-21-22(28(19)15-24(3,4)30)17-11-9-16(10-12-20(29)32-8-2)13-18(17)25-23(21)27(5)6/h9,11,13,30H,7-8,10,12,14-15H2,1-6H3. The van der Waals surface area contributed by atoms with E-state index in [0.29, 0.717) is 39.2 Å². The number of pyridine rings is 1. The lowest BCUT2D eigenvalue weighted by Gasteiger charge is -2.21. The molecule has 0 aliphatic carbocycles. The second kappa shape index (κ2) is 9.83. The number of aromatic nitrogens is 3. The third-order valence-corrected chi connectivity index (χ3v) is 5.13. The van der Waals surface area contributed by atoms with Gasteiger partial charge in [-0.05, 0) is 45.7 Å².